The van der Waals surface area contributed by atoms with Gasteiger partial charge in [-0.3, -0.25) is 0 Å². The maximum Gasteiger partial charge on any atom is 0.250 e. The molecule has 0 bridgehead atoms. The fraction of sp³-hybridized carbons (Fsp3) is 0.294. The van der Waals surface area contributed by atoms with Crippen LogP contribution in [0.25, 0.3) is 10.4 Å². The van der Waals surface area contributed by atoms with Crippen LogP contribution >= 0.6 is 0 Å². The molecule has 0 unspecified atom stereocenters. The molecular weight excluding hydrogens is 325 g/mol. The van der Waals surface area contributed by atoms with Gasteiger partial charge in [0.2, 0.25) is 0 Å². The van der Waals surface area contributed by atoms with E-state index in [1.54, 1.807) is 6.07 Å². The van der Waals surface area contributed by atoms with Gasteiger partial charge in [-0.2, -0.15) is 5.26 Å². The van der Waals surface area contributed by atoms with Crippen LogP contribution in [0.1, 0.15) is 24.0 Å². The lowest BCUT2D eigenvalue weighted by molar-refractivity contribution is 0.113. The third-order valence-electron chi connectivity index (χ3n) is 3.22. The summed E-state index contributed by atoms with van der Waals surface area (Å²) >= 11 is 0. The predicted molar refractivity (Wildman–Crippen MR) is 88.5 cm³/mol. The normalized spacial score (nSPS) is 9.92. The molecule has 0 spiro atoms. The fourth-order valence-electron chi connectivity index (χ4n) is 2.00. The second kappa shape index (κ2) is 9.88. The third kappa shape index (κ3) is 5.77. The monoisotopic (exact) mass is 341 g/mol. The minimum absolute atomic E-state index is 0.142. The number of benzene rings is 1. The molecule has 0 atom stereocenters. The third-order valence-corrected chi connectivity index (χ3v) is 3.22. The summed E-state index contributed by atoms with van der Waals surface area (Å²) in [5.74, 6) is -1.26. The van der Waals surface area contributed by atoms with E-state index in [0.29, 0.717) is 19.6 Å². The van der Waals surface area contributed by atoms with E-state index in [-0.39, 0.29) is 23.9 Å². The maximum absolute atomic E-state index is 13.8. The van der Waals surface area contributed by atoms with Crippen molar-refractivity contribution < 1.29 is 13.9 Å². The van der Waals surface area contributed by atoms with Gasteiger partial charge in [0.05, 0.1) is 18.8 Å². The second-order valence-electron chi connectivity index (χ2n) is 5.04. The Balaban J connectivity index is 1.73. The molecule has 1 heterocycles. The lowest BCUT2D eigenvalue weighted by Gasteiger charge is -2.08. The number of halogens is 1. The standard InChI is InChI=1S/C17H16FN5O2/c18-15-10-14(11-19)16(22-23-20)21-17(15)25-9-5-4-8-24-12-13-6-2-1-3-7-13/h1-3,6-7,10H,4-5,8-9,12H2. The molecule has 0 aliphatic heterocycles. The number of nitrogens with zero attached hydrogens (tertiary/aromatic N) is 5. The molecule has 0 aliphatic rings. The van der Waals surface area contributed by atoms with Crippen molar-refractivity contribution in [3.8, 4) is 11.9 Å². The number of hydrogen-bond acceptors (Lipinski definition) is 5. The topological polar surface area (TPSA) is 104 Å². The van der Waals surface area contributed by atoms with E-state index in [1.807, 2.05) is 30.3 Å². The van der Waals surface area contributed by atoms with Gasteiger partial charge in [-0.05, 0) is 35.1 Å². The van der Waals surface area contributed by atoms with Crippen LogP contribution in [0.4, 0.5) is 10.2 Å². The van der Waals surface area contributed by atoms with E-state index in [0.717, 1.165) is 18.1 Å². The van der Waals surface area contributed by atoms with Crippen molar-refractivity contribution in [2.24, 2.45) is 5.11 Å². The average Bonchev–Trinajstić information content (AvgIpc) is 2.64. The molecule has 1 aromatic carbocycles. The SMILES string of the molecule is N#Cc1cc(F)c(OCCCCOCc2ccccc2)nc1N=[N+]=[N-]. The summed E-state index contributed by atoms with van der Waals surface area (Å²) in [5, 5.41) is 12.1. The van der Waals surface area contributed by atoms with Crippen molar-refractivity contribution >= 4 is 5.82 Å². The van der Waals surface area contributed by atoms with E-state index >= 15 is 0 Å². The first-order valence-electron chi connectivity index (χ1n) is 7.65. The van der Waals surface area contributed by atoms with Crippen molar-refractivity contribution in [2.75, 3.05) is 13.2 Å². The zero-order valence-corrected chi connectivity index (χ0v) is 13.4. The summed E-state index contributed by atoms with van der Waals surface area (Å²) in [6.45, 7) is 1.34. The Bertz CT molecular complexity index is 786. The molecule has 0 amide bonds. The zero-order chi connectivity index (χ0) is 17.9. The Morgan fingerprint density at radius 2 is 2.00 bits per heavy atom. The van der Waals surface area contributed by atoms with Crippen molar-refractivity contribution in [1.82, 2.24) is 4.98 Å². The molecule has 0 aliphatic carbocycles. The van der Waals surface area contributed by atoms with Crippen LogP contribution in [0.15, 0.2) is 41.5 Å². The average molecular weight is 341 g/mol. The molecule has 25 heavy (non-hydrogen) atoms. The first-order chi connectivity index (χ1) is 12.2. The number of azide groups is 1. The van der Waals surface area contributed by atoms with Gasteiger partial charge >= 0.3 is 0 Å². The summed E-state index contributed by atoms with van der Waals surface area (Å²) in [4.78, 5) is 6.29. The molecule has 2 aromatic rings. The molecule has 0 radical (unpaired) electrons. The van der Waals surface area contributed by atoms with E-state index in [1.165, 1.54) is 0 Å². The number of pyridine rings is 1. The minimum Gasteiger partial charge on any atom is -0.476 e. The summed E-state index contributed by atoms with van der Waals surface area (Å²) in [7, 11) is 0. The number of rotatable bonds is 9. The highest BCUT2D eigenvalue weighted by Gasteiger charge is 2.11. The summed E-state index contributed by atoms with van der Waals surface area (Å²) < 4.78 is 24.6. The molecule has 0 saturated heterocycles. The fourth-order valence-corrected chi connectivity index (χ4v) is 2.00. The van der Waals surface area contributed by atoms with Crippen molar-refractivity contribution in [3.63, 3.8) is 0 Å². The molecule has 2 rings (SSSR count). The largest absolute Gasteiger partial charge is 0.476 e. The highest BCUT2D eigenvalue weighted by Crippen LogP contribution is 2.24. The van der Waals surface area contributed by atoms with Gasteiger partial charge in [-0.15, -0.1) is 0 Å². The van der Waals surface area contributed by atoms with Crippen LogP contribution in [0.5, 0.6) is 5.88 Å². The lowest BCUT2D eigenvalue weighted by Crippen LogP contribution is -2.04. The van der Waals surface area contributed by atoms with Gasteiger partial charge < -0.3 is 9.47 Å². The van der Waals surface area contributed by atoms with E-state index < -0.39 is 5.82 Å². The van der Waals surface area contributed by atoms with Gasteiger partial charge in [-0.1, -0.05) is 30.3 Å². The van der Waals surface area contributed by atoms with Gasteiger partial charge in [-0.25, -0.2) is 9.37 Å². The van der Waals surface area contributed by atoms with E-state index in [9.17, 15) is 4.39 Å². The van der Waals surface area contributed by atoms with Crippen LogP contribution in [0.3, 0.4) is 0 Å². The molecule has 0 saturated carbocycles. The number of hydrogen-bond donors (Lipinski definition) is 0. The quantitative estimate of drug-likeness (QED) is 0.291. The van der Waals surface area contributed by atoms with Crippen molar-refractivity contribution in [1.29, 1.82) is 5.26 Å². The molecule has 1 aromatic heterocycles. The van der Waals surface area contributed by atoms with Gasteiger partial charge in [0.15, 0.2) is 5.82 Å². The highest BCUT2D eigenvalue weighted by atomic mass is 19.1. The smallest absolute Gasteiger partial charge is 0.250 e. The van der Waals surface area contributed by atoms with Crippen LogP contribution < -0.4 is 4.74 Å². The predicted octanol–water partition coefficient (Wildman–Crippen LogP) is 4.41. The number of ether oxygens (including phenoxy) is 2. The molecule has 7 nitrogen and oxygen atoms in total. The molecule has 8 heteroatoms. The summed E-state index contributed by atoms with van der Waals surface area (Å²) in [6.07, 6.45) is 1.39. The van der Waals surface area contributed by atoms with E-state index in [2.05, 4.69) is 15.0 Å². The van der Waals surface area contributed by atoms with Crippen molar-refractivity contribution in [2.45, 2.75) is 19.4 Å². The molecule has 0 N–H and O–H groups in total. The Morgan fingerprint density at radius 1 is 1.24 bits per heavy atom. The van der Waals surface area contributed by atoms with Gasteiger partial charge in [0, 0.05) is 11.5 Å². The Hall–Kier alpha value is -3.14. The molecular formula is C17H16FN5O2. The number of nitriles is 1. The Morgan fingerprint density at radius 3 is 2.72 bits per heavy atom. The van der Waals surface area contributed by atoms with Crippen LogP contribution in [0.2, 0.25) is 0 Å². The second-order valence-corrected chi connectivity index (χ2v) is 5.04. The molecule has 0 fully saturated rings. The van der Waals surface area contributed by atoms with Crippen molar-refractivity contribution in [3.05, 3.63) is 63.8 Å². The summed E-state index contributed by atoms with van der Waals surface area (Å²) in [5.41, 5.74) is 9.40. The number of aromatic nitrogens is 1. The van der Waals surface area contributed by atoms with Crippen LogP contribution in [-0.2, 0) is 11.3 Å². The highest BCUT2D eigenvalue weighted by molar-refractivity contribution is 5.49. The van der Waals surface area contributed by atoms with E-state index in [4.69, 9.17) is 20.3 Å². The zero-order valence-electron chi connectivity index (χ0n) is 13.4. The van der Waals surface area contributed by atoms with Gasteiger partial charge in [0.25, 0.3) is 5.88 Å². The van der Waals surface area contributed by atoms with Crippen LogP contribution in [-0.4, -0.2) is 18.2 Å². The summed E-state index contributed by atoms with van der Waals surface area (Å²) in [6, 6.07) is 12.5. The first kappa shape index (κ1) is 18.2. The lowest BCUT2D eigenvalue weighted by atomic mass is 10.2. The Labute approximate surface area is 144 Å². The first-order valence-corrected chi connectivity index (χ1v) is 7.65. The van der Waals surface area contributed by atoms with Crippen LogP contribution in [0, 0.1) is 17.1 Å². The minimum atomic E-state index is -0.770. The maximum atomic E-state index is 13.8. The van der Waals surface area contributed by atoms with Gasteiger partial charge in [0.1, 0.15) is 11.9 Å². The Kier molecular flexibility index (Phi) is 7.19. The molecule has 128 valence electrons. The number of unbranched alkanes of at least 4 members (excludes halogenated alkanes) is 1.